The molecular weight excluding hydrogens is 853 g/mol. The number of nitrogens with one attached hydrogen (secondary N) is 1. The van der Waals surface area contributed by atoms with Crippen molar-refractivity contribution in [3.05, 3.63) is 235 Å². The van der Waals surface area contributed by atoms with E-state index in [1.807, 2.05) is 36.7 Å². The van der Waals surface area contributed by atoms with Crippen molar-refractivity contribution in [3.8, 4) is 22.5 Å². The minimum atomic E-state index is 0.219. The van der Waals surface area contributed by atoms with E-state index < -0.39 is 0 Å². The molecule has 0 saturated heterocycles. The Kier molecular flexibility index (Phi) is 10.6. The van der Waals surface area contributed by atoms with E-state index in [0.717, 1.165) is 61.6 Å². The summed E-state index contributed by atoms with van der Waals surface area (Å²) in [6.07, 6.45) is 7.21. The normalized spacial score (nSPS) is 11.9. The van der Waals surface area contributed by atoms with Gasteiger partial charge in [0.05, 0.1) is 33.1 Å². The van der Waals surface area contributed by atoms with Gasteiger partial charge in [-0.25, -0.2) is 4.99 Å². The average Bonchev–Trinajstić information content (AvgIpc) is 4.13. The molecule has 4 heterocycles. The molecule has 336 valence electrons. The van der Waals surface area contributed by atoms with E-state index in [-0.39, 0.29) is 5.84 Å². The predicted molar refractivity (Wildman–Crippen MR) is 298 cm³/mol. The number of hydrogen-bond donors (Lipinski definition) is 1. The largest absolute Gasteiger partial charge is 0.342 e. The van der Waals surface area contributed by atoms with Crippen molar-refractivity contribution in [1.29, 1.82) is 5.41 Å². The second-order valence-corrected chi connectivity index (χ2v) is 17.8. The molecule has 9 aromatic carbocycles. The highest BCUT2D eigenvalue weighted by Gasteiger charge is 2.22. The Morgan fingerprint density at radius 1 is 0.457 bits per heavy atom. The summed E-state index contributed by atoms with van der Waals surface area (Å²) in [6.45, 7) is 4.35. The highest BCUT2D eigenvalue weighted by molar-refractivity contribution is 6.25. The van der Waals surface area contributed by atoms with Crippen LogP contribution >= 0.6 is 0 Å². The Morgan fingerprint density at radius 3 is 1.56 bits per heavy atom. The fourth-order valence-electron chi connectivity index (χ4n) is 10.8. The zero-order valence-electron chi connectivity index (χ0n) is 39.4. The Balaban J connectivity index is 0.000000157. The van der Waals surface area contributed by atoms with E-state index in [9.17, 15) is 0 Å². The second-order valence-electron chi connectivity index (χ2n) is 17.8. The molecule has 0 saturated carbocycles. The zero-order chi connectivity index (χ0) is 47.3. The van der Waals surface area contributed by atoms with Crippen molar-refractivity contribution >= 4 is 94.6 Å². The van der Waals surface area contributed by atoms with E-state index in [0.29, 0.717) is 0 Å². The molecule has 6 heteroatoms. The lowest BCUT2D eigenvalue weighted by molar-refractivity contribution is 1.01. The van der Waals surface area contributed by atoms with Crippen molar-refractivity contribution < 1.29 is 0 Å². The molecule has 4 aromatic heterocycles. The third-order valence-corrected chi connectivity index (χ3v) is 13.9. The van der Waals surface area contributed by atoms with Crippen molar-refractivity contribution in [2.24, 2.45) is 12.0 Å². The third kappa shape index (κ3) is 6.87. The van der Waals surface area contributed by atoms with E-state index in [1.54, 1.807) is 0 Å². The Bertz CT molecular complexity index is 4160. The van der Waals surface area contributed by atoms with Gasteiger partial charge in [-0.1, -0.05) is 183 Å². The highest BCUT2D eigenvalue weighted by Crippen LogP contribution is 2.41. The van der Waals surface area contributed by atoms with Crippen LogP contribution in [0.3, 0.4) is 0 Å². The van der Waals surface area contributed by atoms with Crippen LogP contribution in [0.2, 0.25) is 0 Å². The summed E-state index contributed by atoms with van der Waals surface area (Å²) in [5.74, 6) is 0.219. The first-order chi connectivity index (χ1) is 34.5. The van der Waals surface area contributed by atoms with E-state index in [2.05, 4.69) is 233 Å². The van der Waals surface area contributed by atoms with Gasteiger partial charge in [0.15, 0.2) is 5.84 Å². The number of rotatable bonds is 7. The number of allylic oxidation sites excluding steroid dienone is 1. The Labute approximate surface area is 406 Å². The van der Waals surface area contributed by atoms with Gasteiger partial charge in [-0.3, -0.25) is 9.98 Å². The lowest BCUT2D eigenvalue weighted by Crippen LogP contribution is -2.02. The molecule has 0 bridgehead atoms. The Hall–Kier alpha value is -9.00. The average molecular weight is 903 g/mol. The van der Waals surface area contributed by atoms with Gasteiger partial charge >= 0.3 is 0 Å². The molecule has 6 nitrogen and oxygen atoms in total. The number of para-hydroxylation sites is 5. The first-order valence-corrected chi connectivity index (χ1v) is 24.0. The number of nitrogens with zero attached hydrogens (tertiary/aromatic N) is 5. The number of aryl methyl sites for hydroxylation is 2. The molecule has 0 unspecified atom stereocenters. The number of aromatic nitrogens is 4. The predicted octanol–water partition coefficient (Wildman–Crippen LogP) is 16.3. The molecule has 0 aliphatic rings. The maximum atomic E-state index is 8.83. The fraction of sp³-hybridized carbons (Fsp3) is 0.0625. The number of fused-ring (bicyclic) bond motifs is 12. The molecular formula is C64H50N6. The van der Waals surface area contributed by atoms with Gasteiger partial charge in [0.2, 0.25) is 0 Å². The van der Waals surface area contributed by atoms with Gasteiger partial charge in [-0.2, -0.15) is 0 Å². The summed E-state index contributed by atoms with van der Waals surface area (Å²) < 4.78 is 9.29. The van der Waals surface area contributed by atoms with Crippen LogP contribution in [0.15, 0.2) is 223 Å². The van der Waals surface area contributed by atoms with Crippen molar-refractivity contribution in [2.75, 3.05) is 0 Å². The molecule has 1 N–H and O–H groups in total. The topological polar surface area (TPSA) is 55.9 Å². The first-order valence-electron chi connectivity index (χ1n) is 24.0. The lowest BCUT2D eigenvalue weighted by Gasteiger charge is -2.11. The maximum Gasteiger partial charge on any atom is 0.153 e. The van der Waals surface area contributed by atoms with Crippen molar-refractivity contribution in [3.63, 3.8) is 0 Å². The number of benzene rings is 9. The van der Waals surface area contributed by atoms with Gasteiger partial charge in [-0.15, -0.1) is 0 Å². The van der Waals surface area contributed by atoms with Gasteiger partial charge in [0, 0.05) is 72.9 Å². The molecule has 0 spiro atoms. The van der Waals surface area contributed by atoms with Crippen LogP contribution in [0.4, 0.5) is 0 Å². The van der Waals surface area contributed by atoms with Crippen LogP contribution in [0.1, 0.15) is 30.7 Å². The van der Waals surface area contributed by atoms with E-state index in [1.165, 1.54) is 60.4 Å². The van der Waals surface area contributed by atoms with Crippen molar-refractivity contribution in [1.82, 2.24) is 18.3 Å². The Morgan fingerprint density at radius 2 is 0.929 bits per heavy atom. The lowest BCUT2D eigenvalue weighted by atomic mass is 10.0. The molecule has 0 aliphatic heterocycles. The van der Waals surface area contributed by atoms with Crippen LogP contribution < -0.4 is 0 Å². The molecule has 13 rings (SSSR count). The summed E-state index contributed by atoms with van der Waals surface area (Å²) in [6, 6.07) is 74.3. The molecule has 0 aliphatic carbocycles. The SMILES string of the molecule is C/C=C\c1c(CC)c2ccc3c4ccccc4n(C)c3c2n1-c1ccccc1.N=C(N=Cn1c2ccccc2c2ccc3c4ccccc4n(-c4ccccc4)c3c21)c1ccc(-c2ccccc2)cc1. The molecule has 0 atom stereocenters. The zero-order valence-corrected chi connectivity index (χ0v) is 39.4. The summed E-state index contributed by atoms with van der Waals surface area (Å²) in [4.78, 5) is 4.71. The van der Waals surface area contributed by atoms with Crippen LogP contribution in [0, 0.1) is 5.41 Å². The molecule has 0 fully saturated rings. The van der Waals surface area contributed by atoms with Gasteiger partial charge in [0.1, 0.15) is 6.34 Å². The minimum Gasteiger partial charge on any atom is -0.342 e. The summed E-state index contributed by atoms with van der Waals surface area (Å²) in [5.41, 5.74) is 16.3. The maximum absolute atomic E-state index is 8.83. The van der Waals surface area contributed by atoms with Gasteiger partial charge in [0.25, 0.3) is 0 Å². The van der Waals surface area contributed by atoms with Crippen LogP contribution in [0.25, 0.3) is 105 Å². The number of hydrogen-bond acceptors (Lipinski definition) is 1. The fourth-order valence-corrected chi connectivity index (χ4v) is 10.8. The van der Waals surface area contributed by atoms with Crippen LogP contribution in [-0.2, 0) is 13.5 Å². The standard InChI is InChI=1S/C38H26N4.C26H24N2/c39-38(28-21-19-27(20-22-28)26-11-3-1-4-12-26)40-25-41-34-17-9-7-15-30(34)32-23-24-33-31-16-8-10-18-35(31)42(37(33)36(32)41)29-13-5-2-6-14-29;1-4-11-24-19(5-2)21-16-17-22-20-14-9-10-15-23(20)27(3)25(22)26(21)28(24)18-12-7-6-8-13-18/h1-25,39H;4,6-17H,5H2,1-3H3/b;11-4-. The third-order valence-electron chi connectivity index (χ3n) is 13.9. The van der Waals surface area contributed by atoms with Crippen molar-refractivity contribution in [2.45, 2.75) is 20.3 Å². The summed E-state index contributed by atoms with van der Waals surface area (Å²) in [5, 5.41) is 17.5. The van der Waals surface area contributed by atoms with Gasteiger partial charge in [-0.05, 0) is 78.6 Å². The van der Waals surface area contributed by atoms with E-state index in [4.69, 9.17) is 10.4 Å². The van der Waals surface area contributed by atoms with Crippen LogP contribution in [0.5, 0.6) is 0 Å². The molecule has 0 radical (unpaired) electrons. The summed E-state index contributed by atoms with van der Waals surface area (Å²) >= 11 is 0. The first kappa shape index (κ1) is 42.4. The second kappa shape index (κ2) is 17.6. The quantitative estimate of drug-likeness (QED) is 0.122. The smallest absolute Gasteiger partial charge is 0.153 e. The highest BCUT2D eigenvalue weighted by atomic mass is 15.1. The molecule has 13 aromatic rings. The molecule has 70 heavy (non-hydrogen) atoms. The minimum absolute atomic E-state index is 0.219. The molecule has 0 amide bonds. The number of amidine groups is 1. The van der Waals surface area contributed by atoms with E-state index >= 15 is 0 Å². The number of aliphatic imine (C=N–C) groups is 1. The van der Waals surface area contributed by atoms with Gasteiger partial charge < -0.3 is 13.7 Å². The summed E-state index contributed by atoms with van der Waals surface area (Å²) in [7, 11) is 2.19. The monoisotopic (exact) mass is 902 g/mol. The van der Waals surface area contributed by atoms with Crippen LogP contribution in [-0.4, -0.2) is 30.4 Å².